The van der Waals surface area contributed by atoms with Crippen LogP contribution in [-0.4, -0.2) is 46.0 Å². The fourth-order valence-electron chi connectivity index (χ4n) is 3.64. The maximum atomic E-state index is 6.17. The van der Waals surface area contributed by atoms with Crippen LogP contribution in [0, 0.1) is 13.8 Å². The molecule has 3 N–H and O–H groups in total. The number of hydrogen-bond donors (Lipinski definition) is 2. The number of likely N-dealkylation sites (N-methyl/N-ethyl adjacent to an activating group) is 1. The second-order valence-corrected chi connectivity index (χ2v) is 6.78. The fraction of sp³-hybridized carbons (Fsp3) is 0.588. The number of pyridine rings is 1. The minimum absolute atomic E-state index is 0.349. The van der Waals surface area contributed by atoms with Gasteiger partial charge in [-0.25, -0.2) is 4.98 Å². The Morgan fingerprint density at radius 1 is 1.13 bits per heavy atom. The Morgan fingerprint density at radius 2 is 1.87 bits per heavy atom. The monoisotopic (exact) mass is 314 g/mol. The second-order valence-electron chi connectivity index (χ2n) is 6.78. The summed E-state index contributed by atoms with van der Waals surface area (Å²) in [7, 11) is 4.27. The predicted octanol–water partition coefficient (Wildman–Crippen LogP) is 2.51. The van der Waals surface area contributed by atoms with Gasteiger partial charge in [0.25, 0.3) is 0 Å². The first kappa shape index (κ1) is 15.9. The average molecular weight is 314 g/mol. The van der Waals surface area contributed by atoms with Crippen molar-refractivity contribution in [2.45, 2.75) is 51.6 Å². The summed E-state index contributed by atoms with van der Waals surface area (Å²) < 4.78 is 0. The van der Waals surface area contributed by atoms with E-state index in [1.807, 2.05) is 19.9 Å². The van der Waals surface area contributed by atoms with Crippen LogP contribution in [0.4, 0.5) is 11.8 Å². The number of nitrogens with one attached hydrogen (secondary N) is 1. The van der Waals surface area contributed by atoms with Crippen molar-refractivity contribution in [1.82, 2.24) is 19.9 Å². The smallest absolute Gasteiger partial charge is 0.226 e. The largest absolute Gasteiger partial charge is 0.383 e. The Labute approximate surface area is 137 Å². The normalized spacial score (nSPS) is 21.8. The van der Waals surface area contributed by atoms with Gasteiger partial charge in [-0.05, 0) is 52.4 Å². The summed E-state index contributed by atoms with van der Waals surface area (Å²) in [5.41, 5.74) is 8.86. The number of hydrogen-bond acceptors (Lipinski definition) is 6. The van der Waals surface area contributed by atoms with Crippen molar-refractivity contribution in [1.29, 1.82) is 0 Å². The molecule has 2 aromatic rings. The van der Waals surface area contributed by atoms with Gasteiger partial charge in [0, 0.05) is 17.8 Å². The van der Waals surface area contributed by atoms with Gasteiger partial charge in [0.2, 0.25) is 5.95 Å². The van der Waals surface area contributed by atoms with Crippen LogP contribution in [0.5, 0.6) is 0 Å². The van der Waals surface area contributed by atoms with E-state index in [1.165, 1.54) is 19.3 Å². The van der Waals surface area contributed by atoms with Gasteiger partial charge in [-0.15, -0.1) is 0 Å². The first-order chi connectivity index (χ1) is 11.0. The number of aryl methyl sites for hydroxylation is 2. The van der Waals surface area contributed by atoms with Crippen molar-refractivity contribution in [3.8, 4) is 0 Å². The van der Waals surface area contributed by atoms with Gasteiger partial charge in [-0.3, -0.25) is 0 Å². The van der Waals surface area contributed by atoms with E-state index >= 15 is 0 Å². The van der Waals surface area contributed by atoms with Gasteiger partial charge in [0.15, 0.2) is 5.65 Å². The van der Waals surface area contributed by atoms with E-state index < -0.39 is 0 Å². The molecule has 2 heterocycles. The third-order valence-corrected chi connectivity index (χ3v) is 4.73. The molecule has 124 valence electrons. The molecule has 2 unspecified atom stereocenters. The molecule has 0 aliphatic heterocycles. The highest BCUT2D eigenvalue weighted by Crippen LogP contribution is 2.26. The van der Waals surface area contributed by atoms with Crippen molar-refractivity contribution in [2.75, 3.05) is 25.1 Å². The highest BCUT2D eigenvalue weighted by atomic mass is 15.2. The lowest BCUT2D eigenvalue weighted by atomic mass is 9.89. The standard InChI is InChI=1S/C17H26N6/c1-10-9-11(2)19-16-14(10)15(18)21-17(22-16)20-12-7-5-6-8-13(12)23(3)4/h9,12-13H,5-8H2,1-4H3,(H3,18,19,20,21,22). The van der Waals surface area contributed by atoms with Crippen LogP contribution in [0.25, 0.3) is 11.0 Å². The summed E-state index contributed by atoms with van der Waals surface area (Å²) >= 11 is 0. The lowest BCUT2D eigenvalue weighted by molar-refractivity contribution is 0.211. The van der Waals surface area contributed by atoms with E-state index in [1.54, 1.807) is 0 Å². The third kappa shape index (κ3) is 3.22. The Hall–Kier alpha value is -1.95. The van der Waals surface area contributed by atoms with Gasteiger partial charge in [0.05, 0.1) is 5.39 Å². The molecule has 0 saturated heterocycles. The Bertz CT molecular complexity index is 712. The van der Waals surface area contributed by atoms with Crippen molar-refractivity contribution >= 4 is 22.8 Å². The van der Waals surface area contributed by atoms with Gasteiger partial charge in [-0.2, -0.15) is 9.97 Å². The lowest BCUT2D eigenvalue weighted by Crippen LogP contribution is -2.45. The molecule has 0 aromatic carbocycles. The molecule has 1 saturated carbocycles. The van der Waals surface area contributed by atoms with Crippen LogP contribution in [-0.2, 0) is 0 Å². The Morgan fingerprint density at radius 3 is 2.61 bits per heavy atom. The average Bonchev–Trinajstić information content (AvgIpc) is 2.46. The topological polar surface area (TPSA) is 80.0 Å². The number of nitrogens with zero attached hydrogens (tertiary/aromatic N) is 4. The molecule has 23 heavy (non-hydrogen) atoms. The van der Waals surface area contributed by atoms with Crippen LogP contribution in [0.2, 0.25) is 0 Å². The van der Waals surface area contributed by atoms with Crippen LogP contribution < -0.4 is 11.1 Å². The molecular formula is C17H26N6. The zero-order valence-electron chi connectivity index (χ0n) is 14.4. The zero-order chi connectivity index (χ0) is 16.6. The third-order valence-electron chi connectivity index (χ3n) is 4.73. The predicted molar refractivity (Wildman–Crippen MR) is 94.6 cm³/mol. The van der Waals surface area contributed by atoms with Crippen molar-refractivity contribution < 1.29 is 0 Å². The summed E-state index contributed by atoms with van der Waals surface area (Å²) in [5.74, 6) is 1.09. The summed E-state index contributed by atoms with van der Waals surface area (Å²) in [6, 6.07) is 2.86. The van der Waals surface area contributed by atoms with Crippen LogP contribution in [0.1, 0.15) is 36.9 Å². The Kier molecular flexibility index (Phi) is 4.35. The maximum absolute atomic E-state index is 6.17. The zero-order valence-corrected chi connectivity index (χ0v) is 14.4. The molecule has 2 atom stereocenters. The van der Waals surface area contributed by atoms with E-state index in [-0.39, 0.29) is 0 Å². The quantitative estimate of drug-likeness (QED) is 0.906. The van der Waals surface area contributed by atoms with Crippen LogP contribution in [0.15, 0.2) is 6.07 Å². The maximum Gasteiger partial charge on any atom is 0.226 e. The first-order valence-electron chi connectivity index (χ1n) is 8.30. The highest BCUT2D eigenvalue weighted by molar-refractivity contribution is 5.89. The molecule has 0 spiro atoms. The summed E-state index contributed by atoms with van der Waals surface area (Å²) in [5, 5.41) is 4.36. The van der Waals surface area contributed by atoms with Crippen molar-refractivity contribution in [3.63, 3.8) is 0 Å². The summed E-state index contributed by atoms with van der Waals surface area (Å²) in [6.45, 7) is 3.99. The molecule has 2 aromatic heterocycles. The molecule has 0 bridgehead atoms. The molecule has 1 fully saturated rings. The van der Waals surface area contributed by atoms with Crippen LogP contribution >= 0.6 is 0 Å². The summed E-state index contributed by atoms with van der Waals surface area (Å²) in [4.78, 5) is 15.9. The number of rotatable bonds is 3. The van der Waals surface area contributed by atoms with E-state index in [2.05, 4.69) is 39.3 Å². The van der Waals surface area contributed by atoms with E-state index in [9.17, 15) is 0 Å². The molecule has 1 aliphatic rings. The number of fused-ring (bicyclic) bond motifs is 1. The minimum Gasteiger partial charge on any atom is -0.383 e. The molecule has 6 nitrogen and oxygen atoms in total. The number of nitrogens with two attached hydrogens (primary N) is 1. The van der Waals surface area contributed by atoms with Gasteiger partial charge >= 0.3 is 0 Å². The molecule has 0 amide bonds. The van der Waals surface area contributed by atoms with Crippen molar-refractivity contribution in [3.05, 3.63) is 17.3 Å². The second kappa shape index (κ2) is 6.28. The number of aromatic nitrogens is 3. The number of nitrogen functional groups attached to an aromatic ring is 1. The summed E-state index contributed by atoms with van der Waals surface area (Å²) in [6.07, 6.45) is 4.85. The molecule has 3 rings (SSSR count). The van der Waals surface area contributed by atoms with Gasteiger partial charge in [-0.1, -0.05) is 12.8 Å². The van der Waals surface area contributed by atoms with E-state index in [0.717, 1.165) is 23.1 Å². The number of anilines is 2. The molecule has 1 aliphatic carbocycles. The lowest BCUT2D eigenvalue weighted by Gasteiger charge is -2.36. The van der Waals surface area contributed by atoms with E-state index in [0.29, 0.717) is 29.5 Å². The van der Waals surface area contributed by atoms with Gasteiger partial charge < -0.3 is 16.0 Å². The highest BCUT2D eigenvalue weighted by Gasteiger charge is 2.27. The fourth-order valence-corrected chi connectivity index (χ4v) is 3.64. The Balaban J connectivity index is 1.94. The van der Waals surface area contributed by atoms with Gasteiger partial charge in [0.1, 0.15) is 5.82 Å². The first-order valence-corrected chi connectivity index (χ1v) is 8.30. The molecular weight excluding hydrogens is 288 g/mol. The molecule has 0 radical (unpaired) electrons. The van der Waals surface area contributed by atoms with Crippen LogP contribution in [0.3, 0.4) is 0 Å². The molecule has 6 heteroatoms. The van der Waals surface area contributed by atoms with Crippen molar-refractivity contribution in [2.24, 2.45) is 0 Å². The minimum atomic E-state index is 0.349. The van der Waals surface area contributed by atoms with E-state index in [4.69, 9.17) is 5.73 Å². The SMILES string of the molecule is Cc1cc(C)c2c(N)nc(NC3CCCCC3N(C)C)nc2n1.